The molecule has 1 aliphatic carbocycles. The predicted molar refractivity (Wildman–Crippen MR) is 104 cm³/mol. The Labute approximate surface area is 147 Å². The van der Waals surface area contributed by atoms with E-state index in [0.29, 0.717) is 5.92 Å². The summed E-state index contributed by atoms with van der Waals surface area (Å²) < 4.78 is 0. The van der Waals surface area contributed by atoms with E-state index in [1.807, 2.05) is 12.3 Å². The third-order valence-corrected chi connectivity index (χ3v) is 5.46. The van der Waals surface area contributed by atoms with Crippen molar-refractivity contribution in [3.8, 4) is 11.3 Å². The average Bonchev–Trinajstić information content (AvgIpc) is 3.22. The highest BCUT2D eigenvalue weighted by Gasteiger charge is 2.18. The van der Waals surface area contributed by atoms with Gasteiger partial charge in [-0.25, -0.2) is 0 Å². The van der Waals surface area contributed by atoms with Crippen LogP contribution >= 0.6 is 0 Å². The molecule has 0 spiro atoms. The van der Waals surface area contributed by atoms with Crippen molar-refractivity contribution in [1.82, 2.24) is 9.97 Å². The van der Waals surface area contributed by atoms with E-state index in [9.17, 15) is 0 Å². The minimum Gasteiger partial charge on any atom is -0.256 e. The topological polar surface area (TPSA) is 25.8 Å². The van der Waals surface area contributed by atoms with Crippen molar-refractivity contribution in [3.63, 3.8) is 0 Å². The second kappa shape index (κ2) is 5.96. The molecule has 25 heavy (non-hydrogen) atoms. The second-order valence-corrected chi connectivity index (χ2v) is 6.97. The first-order chi connectivity index (χ1) is 12.4. The smallest absolute Gasteiger partial charge is 0.0780 e. The van der Waals surface area contributed by atoms with E-state index in [0.717, 1.165) is 16.8 Å². The number of nitrogens with zero attached hydrogens (tertiary/aromatic N) is 2. The Hall–Kier alpha value is -2.74. The van der Waals surface area contributed by atoms with Crippen molar-refractivity contribution >= 4 is 21.7 Å². The molecule has 0 bridgehead atoms. The van der Waals surface area contributed by atoms with Crippen LogP contribution < -0.4 is 0 Å². The first-order valence-corrected chi connectivity index (χ1v) is 9.14. The van der Waals surface area contributed by atoms with Gasteiger partial charge in [-0.05, 0) is 42.5 Å². The molecule has 0 amide bonds. The molecule has 0 N–H and O–H groups in total. The highest BCUT2D eigenvalue weighted by molar-refractivity contribution is 6.10. The fourth-order valence-corrected chi connectivity index (χ4v) is 4.16. The number of benzene rings is 2. The molecule has 5 rings (SSSR count). The summed E-state index contributed by atoms with van der Waals surface area (Å²) in [4.78, 5) is 9.63. The summed E-state index contributed by atoms with van der Waals surface area (Å²) in [6.45, 7) is 0. The van der Waals surface area contributed by atoms with Crippen LogP contribution in [0.15, 0.2) is 66.9 Å². The number of hydrogen-bond donors (Lipinski definition) is 0. The minimum atomic E-state index is 0.650. The molecule has 2 heterocycles. The van der Waals surface area contributed by atoms with Crippen LogP contribution in [0.5, 0.6) is 0 Å². The molecule has 0 aliphatic heterocycles. The molecule has 0 saturated heterocycles. The Balaban J connectivity index is 1.70. The van der Waals surface area contributed by atoms with Gasteiger partial charge < -0.3 is 0 Å². The summed E-state index contributed by atoms with van der Waals surface area (Å²) in [6.07, 6.45) is 7.17. The maximum absolute atomic E-state index is 4.99. The monoisotopic (exact) mass is 324 g/mol. The standard InChI is InChI=1S/C23H20N2/c1-2-8-17(9-3-1)23-20-11-13-22-19(18(20)14-15-24-23)10-12-21(25-22)16-6-4-5-7-16/h1-3,8-16H,4-7H2. The van der Waals surface area contributed by atoms with E-state index in [-0.39, 0.29) is 0 Å². The quantitative estimate of drug-likeness (QED) is 0.416. The van der Waals surface area contributed by atoms with Gasteiger partial charge in [0.1, 0.15) is 0 Å². The molecule has 0 atom stereocenters. The molecule has 1 saturated carbocycles. The van der Waals surface area contributed by atoms with E-state index >= 15 is 0 Å². The Bertz CT molecular complexity index is 1050. The summed E-state index contributed by atoms with van der Waals surface area (Å²) in [7, 11) is 0. The van der Waals surface area contributed by atoms with Crippen LogP contribution in [-0.2, 0) is 0 Å². The number of aromatic nitrogens is 2. The van der Waals surface area contributed by atoms with Crippen molar-refractivity contribution in [2.24, 2.45) is 0 Å². The van der Waals surface area contributed by atoms with Gasteiger partial charge in [-0.3, -0.25) is 9.97 Å². The van der Waals surface area contributed by atoms with Crippen LogP contribution in [0.2, 0.25) is 0 Å². The normalized spacial score (nSPS) is 15.2. The van der Waals surface area contributed by atoms with Gasteiger partial charge in [-0.15, -0.1) is 0 Å². The van der Waals surface area contributed by atoms with E-state index in [1.54, 1.807) is 0 Å². The number of pyridine rings is 2. The lowest BCUT2D eigenvalue weighted by Gasteiger charge is -2.12. The second-order valence-electron chi connectivity index (χ2n) is 6.97. The van der Waals surface area contributed by atoms with Gasteiger partial charge in [0, 0.05) is 34.1 Å². The van der Waals surface area contributed by atoms with Gasteiger partial charge in [-0.1, -0.05) is 49.2 Å². The fourth-order valence-electron chi connectivity index (χ4n) is 4.16. The van der Waals surface area contributed by atoms with Gasteiger partial charge in [-0.2, -0.15) is 0 Å². The first-order valence-electron chi connectivity index (χ1n) is 9.14. The third kappa shape index (κ3) is 2.49. The average molecular weight is 324 g/mol. The van der Waals surface area contributed by atoms with E-state index in [2.05, 4.69) is 59.6 Å². The molecule has 122 valence electrons. The largest absolute Gasteiger partial charge is 0.256 e. The van der Waals surface area contributed by atoms with E-state index < -0.39 is 0 Å². The lowest BCUT2D eigenvalue weighted by atomic mass is 9.98. The molecular weight excluding hydrogens is 304 g/mol. The van der Waals surface area contributed by atoms with Crippen molar-refractivity contribution < 1.29 is 0 Å². The fraction of sp³-hybridized carbons (Fsp3) is 0.217. The van der Waals surface area contributed by atoms with Crippen LogP contribution in [0, 0.1) is 0 Å². The lowest BCUT2D eigenvalue weighted by molar-refractivity contribution is 0.701. The van der Waals surface area contributed by atoms with Crippen molar-refractivity contribution in [2.75, 3.05) is 0 Å². The predicted octanol–water partition coefficient (Wildman–Crippen LogP) is 6.11. The summed E-state index contributed by atoms with van der Waals surface area (Å²) >= 11 is 0. The van der Waals surface area contributed by atoms with Gasteiger partial charge in [0.05, 0.1) is 11.2 Å². The molecule has 2 aromatic carbocycles. The first kappa shape index (κ1) is 14.6. The van der Waals surface area contributed by atoms with Crippen molar-refractivity contribution in [2.45, 2.75) is 31.6 Å². The molecule has 1 fully saturated rings. The van der Waals surface area contributed by atoms with Crippen LogP contribution in [0.4, 0.5) is 0 Å². The highest BCUT2D eigenvalue weighted by atomic mass is 14.7. The Morgan fingerprint density at radius 2 is 1.52 bits per heavy atom. The maximum atomic E-state index is 4.99. The zero-order valence-electron chi connectivity index (χ0n) is 14.2. The zero-order chi connectivity index (χ0) is 16.6. The SMILES string of the molecule is c1ccc(-c2nccc3c2ccc2nc(C4CCCC4)ccc23)cc1. The summed E-state index contributed by atoms with van der Waals surface area (Å²) in [5, 5.41) is 3.65. The summed E-state index contributed by atoms with van der Waals surface area (Å²) in [5.74, 6) is 0.650. The number of hydrogen-bond acceptors (Lipinski definition) is 2. The lowest BCUT2D eigenvalue weighted by Crippen LogP contribution is -1.97. The maximum Gasteiger partial charge on any atom is 0.0780 e. The van der Waals surface area contributed by atoms with Crippen LogP contribution in [0.1, 0.15) is 37.3 Å². The van der Waals surface area contributed by atoms with Crippen molar-refractivity contribution in [3.05, 3.63) is 72.6 Å². The Morgan fingerprint density at radius 1 is 0.720 bits per heavy atom. The van der Waals surface area contributed by atoms with E-state index in [4.69, 9.17) is 4.98 Å². The molecule has 2 aromatic heterocycles. The van der Waals surface area contributed by atoms with Crippen molar-refractivity contribution in [1.29, 1.82) is 0 Å². The van der Waals surface area contributed by atoms with Gasteiger partial charge >= 0.3 is 0 Å². The molecule has 2 heteroatoms. The highest BCUT2D eigenvalue weighted by Crippen LogP contribution is 2.35. The zero-order valence-corrected chi connectivity index (χ0v) is 14.2. The molecule has 1 aliphatic rings. The minimum absolute atomic E-state index is 0.650. The molecule has 0 unspecified atom stereocenters. The summed E-state index contributed by atoms with van der Waals surface area (Å²) in [5.41, 5.74) is 4.56. The molecule has 4 aromatic rings. The Morgan fingerprint density at radius 3 is 2.36 bits per heavy atom. The molecular formula is C23H20N2. The molecule has 2 nitrogen and oxygen atoms in total. The van der Waals surface area contributed by atoms with Gasteiger partial charge in [0.25, 0.3) is 0 Å². The van der Waals surface area contributed by atoms with Crippen LogP contribution in [0.3, 0.4) is 0 Å². The molecule has 0 radical (unpaired) electrons. The third-order valence-electron chi connectivity index (χ3n) is 5.46. The summed E-state index contributed by atoms with van der Waals surface area (Å²) in [6, 6.07) is 21.3. The van der Waals surface area contributed by atoms with E-state index in [1.165, 1.54) is 47.5 Å². The number of fused-ring (bicyclic) bond motifs is 3. The number of rotatable bonds is 2. The van der Waals surface area contributed by atoms with Gasteiger partial charge in [0.2, 0.25) is 0 Å². The van der Waals surface area contributed by atoms with Crippen LogP contribution in [-0.4, -0.2) is 9.97 Å². The Kier molecular flexibility index (Phi) is 3.48. The van der Waals surface area contributed by atoms with Gasteiger partial charge in [0.15, 0.2) is 0 Å². The van der Waals surface area contributed by atoms with Crippen LogP contribution in [0.25, 0.3) is 32.9 Å².